The standard InChI is InChI=1S/C16H28N4O/c1-5-20(13(2)11-19(3)4)12-15-9-7-6-8-14(15)10-16(21)18-17/h6-9,13H,5,10-12,17H2,1-4H3,(H,18,21). The van der Waals surface area contributed by atoms with Crippen LogP contribution in [0, 0.1) is 0 Å². The molecular formula is C16H28N4O. The Morgan fingerprint density at radius 2 is 1.90 bits per heavy atom. The summed E-state index contributed by atoms with van der Waals surface area (Å²) in [5.41, 5.74) is 4.42. The van der Waals surface area contributed by atoms with Gasteiger partial charge in [0.2, 0.25) is 5.91 Å². The van der Waals surface area contributed by atoms with Crippen LogP contribution in [0.2, 0.25) is 0 Å². The number of carbonyl (C=O) groups excluding carboxylic acids is 1. The molecule has 1 aromatic carbocycles. The highest BCUT2D eigenvalue weighted by atomic mass is 16.2. The van der Waals surface area contributed by atoms with Crippen LogP contribution in [-0.2, 0) is 17.8 Å². The molecule has 0 aliphatic rings. The van der Waals surface area contributed by atoms with Gasteiger partial charge in [-0.3, -0.25) is 15.1 Å². The largest absolute Gasteiger partial charge is 0.308 e. The number of benzene rings is 1. The van der Waals surface area contributed by atoms with E-state index in [0.717, 1.165) is 25.2 Å². The molecule has 118 valence electrons. The molecule has 0 aromatic heterocycles. The van der Waals surface area contributed by atoms with Gasteiger partial charge in [-0.1, -0.05) is 31.2 Å². The van der Waals surface area contributed by atoms with Gasteiger partial charge in [0.1, 0.15) is 0 Å². The fraction of sp³-hybridized carbons (Fsp3) is 0.562. The van der Waals surface area contributed by atoms with Gasteiger partial charge in [-0.15, -0.1) is 0 Å². The van der Waals surface area contributed by atoms with Crippen molar-refractivity contribution in [3.8, 4) is 0 Å². The van der Waals surface area contributed by atoms with Gasteiger partial charge < -0.3 is 4.90 Å². The number of nitrogens with zero attached hydrogens (tertiary/aromatic N) is 2. The van der Waals surface area contributed by atoms with Gasteiger partial charge in [0.15, 0.2) is 0 Å². The van der Waals surface area contributed by atoms with Crippen molar-refractivity contribution in [2.24, 2.45) is 5.84 Å². The van der Waals surface area contributed by atoms with Crippen molar-refractivity contribution in [2.75, 3.05) is 27.2 Å². The molecule has 1 amide bonds. The van der Waals surface area contributed by atoms with Gasteiger partial charge in [-0.25, -0.2) is 5.84 Å². The highest BCUT2D eigenvalue weighted by Crippen LogP contribution is 2.14. The fourth-order valence-electron chi connectivity index (χ4n) is 2.55. The molecule has 3 N–H and O–H groups in total. The SMILES string of the molecule is CCN(Cc1ccccc1CC(=O)NN)C(C)CN(C)C. The van der Waals surface area contributed by atoms with E-state index < -0.39 is 0 Å². The lowest BCUT2D eigenvalue weighted by Crippen LogP contribution is -2.39. The molecule has 0 fully saturated rings. The third-order valence-corrected chi connectivity index (χ3v) is 3.66. The summed E-state index contributed by atoms with van der Waals surface area (Å²) in [6, 6.07) is 8.52. The van der Waals surface area contributed by atoms with Crippen LogP contribution in [0.25, 0.3) is 0 Å². The zero-order chi connectivity index (χ0) is 15.8. The summed E-state index contributed by atoms with van der Waals surface area (Å²) in [6.45, 7) is 7.24. The van der Waals surface area contributed by atoms with E-state index in [9.17, 15) is 4.79 Å². The molecule has 1 aromatic rings. The Labute approximate surface area is 128 Å². The summed E-state index contributed by atoms with van der Waals surface area (Å²) in [5, 5.41) is 0. The number of rotatable bonds is 8. The third kappa shape index (κ3) is 5.83. The molecule has 5 heteroatoms. The van der Waals surface area contributed by atoms with Crippen LogP contribution in [0.1, 0.15) is 25.0 Å². The van der Waals surface area contributed by atoms with Crippen LogP contribution in [0.3, 0.4) is 0 Å². The van der Waals surface area contributed by atoms with E-state index in [2.05, 4.69) is 49.2 Å². The predicted molar refractivity (Wildman–Crippen MR) is 86.6 cm³/mol. The lowest BCUT2D eigenvalue weighted by atomic mass is 10.0. The number of hydrogen-bond donors (Lipinski definition) is 2. The van der Waals surface area contributed by atoms with Crippen molar-refractivity contribution in [2.45, 2.75) is 32.9 Å². The maximum atomic E-state index is 11.5. The first kappa shape index (κ1) is 17.6. The van der Waals surface area contributed by atoms with E-state index in [1.54, 1.807) is 0 Å². The Kier molecular flexibility index (Phi) is 7.36. The van der Waals surface area contributed by atoms with E-state index in [0.29, 0.717) is 12.5 Å². The summed E-state index contributed by atoms with van der Waals surface area (Å²) in [5.74, 6) is 5.02. The Hall–Kier alpha value is -1.43. The van der Waals surface area contributed by atoms with Crippen molar-refractivity contribution < 1.29 is 4.79 Å². The lowest BCUT2D eigenvalue weighted by molar-refractivity contribution is -0.120. The number of amides is 1. The highest BCUT2D eigenvalue weighted by Gasteiger charge is 2.15. The second-order valence-electron chi connectivity index (χ2n) is 5.69. The Bertz CT molecular complexity index is 448. The highest BCUT2D eigenvalue weighted by molar-refractivity contribution is 5.78. The van der Waals surface area contributed by atoms with Crippen LogP contribution >= 0.6 is 0 Å². The van der Waals surface area contributed by atoms with Gasteiger partial charge in [0, 0.05) is 19.1 Å². The van der Waals surface area contributed by atoms with Crippen LogP contribution in [0.15, 0.2) is 24.3 Å². The molecule has 0 aliphatic heterocycles. The van der Waals surface area contributed by atoms with Crippen molar-refractivity contribution in [3.05, 3.63) is 35.4 Å². The normalized spacial score (nSPS) is 12.7. The minimum absolute atomic E-state index is 0.160. The minimum atomic E-state index is -0.160. The smallest absolute Gasteiger partial charge is 0.238 e. The first-order chi connectivity index (χ1) is 9.97. The van der Waals surface area contributed by atoms with E-state index in [1.807, 2.05) is 18.2 Å². The Balaban J connectivity index is 2.82. The maximum absolute atomic E-state index is 11.5. The fourth-order valence-corrected chi connectivity index (χ4v) is 2.55. The molecular weight excluding hydrogens is 264 g/mol. The van der Waals surface area contributed by atoms with Crippen molar-refractivity contribution in [1.29, 1.82) is 0 Å². The van der Waals surface area contributed by atoms with E-state index in [-0.39, 0.29) is 5.91 Å². The topological polar surface area (TPSA) is 61.6 Å². The first-order valence-electron chi connectivity index (χ1n) is 7.42. The molecule has 0 aliphatic carbocycles. The molecule has 0 radical (unpaired) electrons. The molecule has 5 nitrogen and oxygen atoms in total. The average molecular weight is 292 g/mol. The maximum Gasteiger partial charge on any atom is 0.238 e. The Morgan fingerprint density at radius 3 is 2.43 bits per heavy atom. The van der Waals surface area contributed by atoms with E-state index in [1.165, 1.54) is 5.56 Å². The van der Waals surface area contributed by atoms with Crippen LogP contribution < -0.4 is 11.3 Å². The molecule has 0 saturated carbocycles. The van der Waals surface area contributed by atoms with Gasteiger partial charge >= 0.3 is 0 Å². The summed E-state index contributed by atoms with van der Waals surface area (Å²) in [4.78, 5) is 16.1. The minimum Gasteiger partial charge on any atom is -0.308 e. The van der Waals surface area contributed by atoms with Gasteiger partial charge in [0.25, 0.3) is 0 Å². The monoisotopic (exact) mass is 292 g/mol. The number of hydrazine groups is 1. The Morgan fingerprint density at radius 1 is 1.29 bits per heavy atom. The second kappa shape index (κ2) is 8.77. The van der Waals surface area contributed by atoms with Gasteiger partial charge in [-0.2, -0.15) is 0 Å². The lowest BCUT2D eigenvalue weighted by Gasteiger charge is -2.30. The number of hydrogen-bond acceptors (Lipinski definition) is 4. The molecule has 21 heavy (non-hydrogen) atoms. The number of likely N-dealkylation sites (N-methyl/N-ethyl adjacent to an activating group) is 2. The molecule has 0 saturated heterocycles. The first-order valence-corrected chi connectivity index (χ1v) is 7.42. The molecule has 1 rings (SSSR count). The summed E-state index contributed by atoms with van der Waals surface area (Å²) in [6.07, 6.45) is 0.326. The zero-order valence-corrected chi connectivity index (χ0v) is 13.6. The third-order valence-electron chi connectivity index (χ3n) is 3.66. The van der Waals surface area contributed by atoms with Crippen molar-refractivity contribution in [1.82, 2.24) is 15.2 Å². The summed E-state index contributed by atoms with van der Waals surface area (Å²) in [7, 11) is 4.17. The summed E-state index contributed by atoms with van der Waals surface area (Å²) >= 11 is 0. The van der Waals surface area contributed by atoms with Crippen LogP contribution in [0.4, 0.5) is 0 Å². The van der Waals surface area contributed by atoms with Crippen LogP contribution in [0.5, 0.6) is 0 Å². The molecule has 0 bridgehead atoms. The average Bonchev–Trinajstić information content (AvgIpc) is 2.45. The second-order valence-corrected chi connectivity index (χ2v) is 5.69. The van der Waals surface area contributed by atoms with Gasteiger partial charge in [0.05, 0.1) is 6.42 Å². The number of nitrogens with one attached hydrogen (secondary N) is 1. The molecule has 0 spiro atoms. The van der Waals surface area contributed by atoms with Crippen molar-refractivity contribution >= 4 is 5.91 Å². The summed E-state index contributed by atoms with van der Waals surface area (Å²) < 4.78 is 0. The molecule has 1 atom stereocenters. The van der Waals surface area contributed by atoms with Crippen LogP contribution in [-0.4, -0.2) is 48.9 Å². The molecule has 0 heterocycles. The number of carbonyl (C=O) groups is 1. The molecule has 1 unspecified atom stereocenters. The van der Waals surface area contributed by atoms with E-state index >= 15 is 0 Å². The quantitative estimate of drug-likeness (QED) is 0.426. The zero-order valence-electron chi connectivity index (χ0n) is 13.6. The van der Waals surface area contributed by atoms with Gasteiger partial charge in [-0.05, 0) is 38.7 Å². The number of nitrogens with two attached hydrogens (primary N) is 1. The van der Waals surface area contributed by atoms with Crippen molar-refractivity contribution in [3.63, 3.8) is 0 Å². The van der Waals surface area contributed by atoms with E-state index in [4.69, 9.17) is 5.84 Å². The predicted octanol–water partition coefficient (Wildman–Crippen LogP) is 0.991.